The lowest BCUT2D eigenvalue weighted by molar-refractivity contribution is -0.138. The van der Waals surface area contributed by atoms with Gasteiger partial charge >= 0.3 is 6.18 Å². The van der Waals surface area contributed by atoms with Crippen LogP contribution in [0.15, 0.2) is 35.9 Å². The SMILES string of the molecule is NNC(C1=CCCCC1)c1ccccc1C(F)(F)F. The number of hydrogen-bond acceptors (Lipinski definition) is 2. The van der Waals surface area contributed by atoms with Crippen LogP contribution < -0.4 is 11.3 Å². The van der Waals surface area contributed by atoms with Gasteiger partial charge in [-0.15, -0.1) is 0 Å². The normalized spacial score (nSPS) is 18.0. The van der Waals surface area contributed by atoms with E-state index in [2.05, 4.69) is 5.43 Å². The van der Waals surface area contributed by atoms with Gasteiger partial charge in [0.25, 0.3) is 0 Å². The highest BCUT2D eigenvalue weighted by atomic mass is 19.4. The fourth-order valence-electron chi connectivity index (χ4n) is 2.53. The second-order valence-electron chi connectivity index (χ2n) is 4.71. The van der Waals surface area contributed by atoms with Crippen LogP contribution in [0.5, 0.6) is 0 Å². The van der Waals surface area contributed by atoms with Gasteiger partial charge in [0, 0.05) is 0 Å². The van der Waals surface area contributed by atoms with Crippen molar-refractivity contribution >= 4 is 0 Å². The number of alkyl halides is 3. The van der Waals surface area contributed by atoms with Gasteiger partial charge in [-0.3, -0.25) is 5.84 Å². The molecule has 1 aliphatic carbocycles. The van der Waals surface area contributed by atoms with E-state index in [0.29, 0.717) is 0 Å². The molecule has 104 valence electrons. The Morgan fingerprint density at radius 1 is 1.16 bits per heavy atom. The van der Waals surface area contributed by atoms with Crippen molar-refractivity contribution in [2.45, 2.75) is 37.9 Å². The number of allylic oxidation sites excluding steroid dienone is 1. The molecule has 0 amide bonds. The fraction of sp³-hybridized carbons (Fsp3) is 0.429. The molecule has 19 heavy (non-hydrogen) atoms. The first-order valence-corrected chi connectivity index (χ1v) is 6.35. The molecule has 0 bridgehead atoms. The first-order valence-electron chi connectivity index (χ1n) is 6.35. The van der Waals surface area contributed by atoms with Crippen molar-refractivity contribution in [3.05, 3.63) is 47.0 Å². The van der Waals surface area contributed by atoms with Crippen molar-refractivity contribution in [2.24, 2.45) is 5.84 Å². The van der Waals surface area contributed by atoms with Crippen LogP contribution in [0.25, 0.3) is 0 Å². The molecule has 1 atom stereocenters. The van der Waals surface area contributed by atoms with Crippen LogP contribution in [0.2, 0.25) is 0 Å². The predicted molar refractivity (Wildman–Crippen MR) is 68.1 cm³/mol. The number of hydrogen-bond donors (Lipinski definition) is 2. The molecule has 1 unspecified atom stereocenters. The molecular formula is C14H17F3N2. The summed E-state index contributed by atoms with van der Waals surface area (Å²) >= 11 is 0. The Hall–Kier alpha value is -1.33. The maximum absolute atomic E-state index is 13.0. The second-order valence-corrected chi connectivity index (χ2v) is 4.71. The Labute approximate surface area is 110 Å². The van der Waals surface area contributed by atoms with Crippen molar-refractivity contribution < 1.29 is 13.2 Å². The lowest BCUT2D eigenvalue weighted by Crippen LogP contribution is -2.31. The molecule has 0 heterocycles. The largest absolute Gasteiger partial charge is 0.416 e. The maximum atomic E-state index is 13.0. The zero-order chi connectivity index (χ0) is 13.9. The maximum Gasteiger partial charge on any atom is 0.416 e. The molecule has 0 aromatic heterocycles. The van der Waals surface area contributed by atoms with E-state index in [1.165, 1.54) is 12.1 Å². The van der Waals surface area contributed by atoms with E-state index in [-0.39, 0.29) is 5.56 Å². The molecule has 3 N–H and O–H groups in total. The van der Waals surface area contributed by atoms with Gasteiger partial charge in [0.05, 0.1) is 11.6 Å². The van der Waals surface area contributed by atoms with Gasteiger partial charge in [-0.2, -0.15) is 13.2 Å². The van der Waals surface area contributed by atoms with Crippen molar-refractivity contribution in [3.8, 4) is 0 Å². The van der Waals surface area contributed by atoms with Crippen molar-refractivity contribution in [1.82, 2.24) is 5.43 Å². The third-order valence-corrected chi connectivity index (χ3v) is 3.44. The summed E-state index contributed by atoms with van der Waals surface area (Å²) in [4.78, 5) is 0. The highest BCUT2D eigenvalue weighted by molar-refractivity contribution is 5.37. The average molecular weight is 270 g/mol. The summed E-state index contributed by atoms with van der Waals surface area (Å²) < 4.78 is 39.1. The molecule has 1 aromatic carbocycles. The van der Waals surface area contributed by atoms with E-state index < -0.39 is 17.8 Å². The van der Waals surface area contributed by atoms with Crippen molar-refractivity contribution in [3.63, 3.8) is 0 Å². The van der Waals surface area contributed by atoms with Crippen molar-refractivity contribution in [1.29, 1.82) is 0 Å². The molecule has 0 radical (unpaired) electrons. The molecule has 0 aliphatic heterocycles. The number of nitrogens with two attached hydrogens (primary N) is 1. The molecular weight excluding hydrogens is 253 g/mol. The molecule has 0 saturated carbocycles. The topological polar surface area (TPSA) is 38.0 Å². The summed E-state index contributed by atoms with van der Waals surface area (Å²) in [5.41, 5.74) is 3.06. The standard InChI is InChI=1S/C14H17F3N2/c15-14(16,17)12-9-5-4-8-11(12)13(19-18)10-6-2-1-3-7-10/h4-6,8-9,13,19H,1-3,7,18H2. The van der Waals surface area contributed by atoms with Crippen LogP contribution in [0.1, 0.15) is 42.9 Å². The number of benzene rings is 1. The van der Waals surface area contributed by atoms with E-state index in [0.717, 1.165) is 37.3 Å². The van der Waals surface area contributed by atoms with Crippen molar-refractivity contribution in [2.75, 3.05) is 0 Å². The smallest absolute Gasteiger partial charge is 0.271 e. The number of nitrogens with one attached hydrogen (secondary N) is 1. The molecule has 2 nitrogen and oxygen atoms in total. The first-order chi connectivity index (χ1) is 9.04. The van der Waals surface area contributed by atoms with Gasteiger partial charge in [0.1, 0.15) is 0 Å². The highest BCUT2D eigenvalue weighted by Gasteiger charge is 2.35. The van der Waals surface area contributed by atoms with Crippen LogP contribution >= 0.6 is 0 Å². The molecule has 0 fully saturated rings. The summed E-state index contributed by atoms with van der Waals surface area (Å²) in [5, 5.41) is 0. The lowest BCUT2D eigenvalue weighted by atomic mass is 9.88. The quantitative estimate of drug-likeness (QED) is 0.499. The Balaban J connectivity index is 2.41. The van der Waals surface area contributed by atoms with Gasteiger partial charge < -0.3 is 0 Å². The van der Waals surface area contributed by atoms with Gasteiger partial charge in [-0.05, 0) is 37.3 Å². The van der Waals surface area contributed by atoms with Gasteiger partial charge in [0.15, 0.2) is 0 Å². The molecule has 2 rings (SSSR count). The molecule has 1 aromatic rings. The minimum absolute atomic E-state index is 0.200. The van der Waals surface area contributed by atoms with Gasteiger partial charge in [-0.1, -0.05) is 29.8 Å². The highest BCUT2D eigenvalue weighted by Crippen LogP contribution is 2.38. The molecule has 0 spiro atoms. The summed E-state index contributed by atoms with van der Waals surface area (Å²) in [5.74, 6) is 5.49. The van der Waals surface area contributed by atoms with Crippen LogP contribution in [0.3, 0.4) is 0 Å². The minimum Gasteiger partial charge on any atom is -0.271 e. The van der Waals surface area contributed by atoms with Gasteiger partial charge in [-0.25, -0.2) is 5.43 Å². The van der Waals surface area contributed by atoms with Crippen LogP contribution in [0, 0.1) is 0 Å². The third-order valence-electron chi connectivity index (χ3n) is 3.44. The number of rotatable bonds is 3. The van der Waals surface area contributed by atoms with E-state index >= 15 is 0 Å². The Morgan fingerprint density at radius 2 is 1.89 bits per heavy atom. The van der Waals surface area contributed by atoms with Crippen LogP contribution in [0.4, 0.5) is 13.2 Å². The summed E-state index contributed by atoms with van der Waals surface area (Å²) in [7, 11) is 0. The minimum atomic E-state index is -4.36. The van der Waals surface area contributed by atoms with Crippen LogP contribution in [-0.4, -0.2) is 0 Å². The molecule has 0 saturated heterocycles. The molecule has 1 aliphatic rings. The first kappa shape index (κ1) is 14.1. The zero-order valence-electron chi connectivity index (χ0n) is 10.5. The average Bonchev–Trinajstić information content (AvgIpc) is 2.40. The number of hydrazine groups is 1. The summed E-state index contributed by atoms with van der Waals surface area (Å²) in [6, 6.07) is 5.04. The summed E-state index contributed by atoms with van der Waals surface area (Å²) in [6.45, 7) is 0. The van der Waals surface area contributed by atoms with Gasteiger partial charge in [0.2, 0.25) is 0 Å². The van der Waals surface area contributed by atoms with E-state index in [4.69, 9.17) is 5.84 Å². The predicted octanol–water partition coefficient (Wildman–Crippen LogP) is 3.71. The fourth-order valence-corrected chi connectivity index (χ4v) is 2.53. The third kappa shape index (κ3) is 3.16. The zero-order valence-corrected chi connectivity index (χ0v) is 10.5. The van der Waals surface area contributed by atoms with E-state index in [1.807, 2.05) is 6.08 Å². The Morgan fingerprint density at radius 3 is 2.47 bits per heavy atom. The monoisotopic (exact) mass is 270 g/mol. The van der Waals surface area contributed by atoms with E-state index in [9.17, 15) is 13.2 Å². The van der Waals surface area contributed by atoms with E-state index in [1.54, 1.807) is 6.07 Å². The summed E-state index contributed by atoms with van der Waals surface area (Å²) in [6.07, 6.45) is 1.42. The molecule has 5 heteroatoms. The number of halogens is 3. The second kappa shape index (κ2) is 5.75. The van der Waals surface area contributed by atoms with Crippen LogP contribution in [-0.2, 0) is 6.18 Å². The Bertz CT molecular complexity index is 466. The lowest BCUT2D eigenvalue weighted by Gasteiger charge is -2.25. The Kier molecular flexibility index (Phi) is 4.27.